The van der Waals surface area contributed by atoms with E-state index in [0.717, 1.165) is 13.0 Å². The van der Waals surface area contributed by atoms with Gasteiger partial charge in [0.15, 0.2) is 0 Å². The molecular formula is C15H24N2. The number of aromatic nitrogens is 1. The molecule has 1 aromatic heterocycles. The van der Waals surface area contributed by atoms with Crippen LogP contribution in [0.3, 0.4) is 0 Å². The summed E-state index contributed by atoms with van der Waals surface area (Å²) in [5.74, 6) is 0. The van der Waals surface area contributed by atoms with Crippen LogP contribution in [0, 0.1) is 5.41 Å². The third kappa shape index (κ3) is 3.06. The lowest BCUT2D eigenvalue weighted by Crippen LogP contribution is -2.43. The summed E-state index contributed by atoms with van der Waals surface area (Å²) in [6.45, 7) is 5.71. The Hall–Kier alpha value is -0.890. The Morgan fingerprint density at radius 2 is 2.18 bits per heavy atom. The highest BCUT2D eigenvalue weighted by Crippen LogP contribution is 2.41. The summed E-state index contributed by atoms with van der Waals surface area (Å²) >= 11 is 0. The van der Waals surface area contributed by atoms with Crippen molar-refractivity contribution >= 4 is 0 Å². The third-order valence-corrected chi connectivity index (χ3v) is 4.20. The van der Waals surface area contributed by atoms with Crippen LogP contribution in [0.1, 0.15) is 45.1 Å². The zero-order valence-corrected chi connectivity index (χ0v) is 11.1. The number of rotatable bonds is 5. The zero-order chi connectivity index (χ0) is 12.1. The van der Waals surface area contributed by atoms with E-state index in [9.17, 15) is 0 Å². The van der Waals surface area contributed by atoms with E-state index < -0.39 is 0 Å². The van der Waals surface area contributed by atoms with E-state index in [2.05, 4.69) is 30.2 Å². The van der Waals surface area contributed by atoms with Gasteiger partial charge in [-0.2, -0.15) is 0 Å². The van der Waals surface area contributed by atoms with E-state index in [0.29, 0.717) is 11.5 Å². The van der Waals surface area contributed by atoms with Gasteiger partial charge in [-0.15, -0.1) is 0 Å². The normalized spacial score (nSPS) is 20.4. The quantitative estimate of drug-likeness (QED) is 0.843. The van der Waals surface area contributed by atoms with E-state index in [1.807, 2.05) is 18.5 Å². The largest absolute Gasteiger partial charge is 0.313 e. The van der Waals surface area contributed by atoms with Crippen molar-refractivity contribution < 1.29 is 0 Å². The lowest BCUT2D eigenvalue weighted by Gasteiger charge is -2.35. The first-order valence-electron chi connectivity index (χ1n) is 6.87. The minimum Gasteiger partial charge on any atom is -0.313 e. The highest BCUT2D eigenvalue weighted by Gasteiger charge is 2.36. The van der Waals surface area contributed by atoms with Gasteiger partial charge in [-0.05, 0) is 42.9 Å². The molecule has 0 radical (unpaired) electrons. The molecule has 0 spiro atoms. The van der Waals surface area contributed by atoms with Crippen molar-refractivity contribution in [1.29, 1.82) is 0 Å². The van der Waals surface area contributed by atoms with E-state index in [4.69, 9.17) is 0 Å². The third-order valence-electron chi connectivity index (χ3n) is 4.20. The molecule has 1 heterocycles. The van der Waals surface area contributed by atoms with Crippen LogP contribution in [-0.4, -0.2) is 17.6 Å². The molecule has 17 heavy (non-hydrogen) atoms. The molecule has 1 aromatic rings. The molecule has 0 amide bonds. The molecule has 0 aliphatic heterocycles. The van der Waals surface area contributed by atoms with Gasteiger partial charge in [0.05, 0.1) is 0 Å². The molecule has 1 unspecified atom stereocenters. The zero-order valence-electron chi connectivity index (χ0n) is 11.1. The highest BCUT2D eigenvalue weighted by atomic mass is 14.9. The second-order valence-electron chi connectivity index (χ2n) is 5.54. The number of hydrogen-bond donors (Lipinski definition) is 1. The van der Waals surface area contributed by atoms with E-state index >= 15 is 0 Å². The molecule has 94 valence electrons. The van der Waals surface area contributed by atoms with Crippen molar-refractivity contribution in [3.63, 3.8) is 0 Å². The Labute approximate surface area is 105 Å². The van der Waals surface area contributed by atoms with Crippen molar-refractivity contribution in [2.45, 2.75) is 52.0 Å². The minimum absolute atomic E-state index is 0.478. The summed E-state index contributed by atoms with van der Waals surface area (Å²) in [7, 11) is 0. The summed E-state index contributed by atoms with van der Waals surface area (Å²) in [6.07, 6.45) is 10.5. The van der Waals surface area contributed by atoms with Crippen molar-refractivity contribution in [3.8, 4) is 0 Å². The first kappa shape index (κ1) is 12.6. The van der Waals surface area contributed by atoms with E-state index in [-0.39, 0.29) is 0 Å². The molecule has 2 rings (SSSR count). The van der Waals surface area contributed by atoms with Gasteiger partial charge in [0, 0.05) is 18.4 Å². The maximum Gasteiger partial charge on any atom is 0.0300 e. The summed E-state index contributed by atoms with van der Waals surface area (Å²) < 4.78 is 0. The maximum atomic E-state index is 4.22. The highest BCUT2D eigenvalue weighted by molar-refractivity contribution is 5.12. The summed E-state index contributed by atoms with van der Waals surface area (Å²) in [5, 5.41) is 3.69. The van der Waals surface area contributed by atoms with Crippen LogP contribution in [0.2, 0.25) is 0 Å². The molecule has 0 bridgehead atoms. The minimum atomic E-state index is 0.478. The van der Waals surface area contributed by atoms with Gasteiger partial charge in [-0.1, -0.05) is 32.8 Å². The van der Waals surface area contributed by atoms with Crippen LogP contribution in [-0.2, 0) is 6.42 Å². The van der Waals surface area contributed by atoms with Crippen LogP contribution in [0.15, 0.2) is 24.5 Å². The van der Waals surface area contributed by atoms with Crippen molar-refractivity contribution in [3.05, 3.63) is 30.1 Å². The van der Waals surface area contributed by atoms with Crippen molar-refractivity contribution in [1.82, 2.24) is 10.3 Å². The molecule has 1 fully saturated rings. The fourth-order valence-corrected chi connectivity index (χ4v) is 3.10. The summed E-state index contributed by atoms with van der Waals surface area (Å²) in [5.41, 5.74) is 1.83. The fraction of sp³-hybridized carbons (Fsp3) is 0.667. The SMILES string of the molecule is CCNC(Cc1cccnc1)C1(C)CCCC1. The lowest BCUT2D eigenvalue weighted by molar-refractivity contribution is 0.222. The monoisotopic (exact) mass is 232 g/mol. The molecule has 1 aliphatic carbocycles. The Morgan fingerprint density at radius 3 is 2.76 bits per heavy atom. The molecule has 1 atom stereocenters. The van der Waals surface area contributed by atoms with Gasteiger partial charge < -0.3 is 5.32 Å². The van der Waals surface area contributed by atoms with E-state index in [1.54, 1.807) is 0 Å². The fourth-order valence-electron chi connectivity index (χ4n) is 3.10. The molecule has 0 aromatic carbocycles. The Kier molecular flexibility index (Phi) is 4.16. The average Bonchev–Trinajstić information content (AvgIpc) is 2.78. The predicted octanol–water partition coefficient (Wildman–Crippen LogP) is 3.18. The van der Waals surface area contributed by atoms with Gasteiger partial charge in [0.1, 0.15) is 0 Å². The second kappa shape index (κ2) is 5.63. The first-order valence-corrected chi connectivity index (χ1v) is 6.87. The number of nitrogens with zero attached hydrogens (tertiary/aromatic N) is 1. The number of pyridine rings is 1. The van der Waals surface area contributed by atoms with Crippen molar-refractivity contribution in [2.75, 3.05) is 6.54 Å². The van der Waals surface area contributed by atoms with Crippen LogP contribution in [0.5, 0.6) is 0 Å². The molecule has 0 saturated heterocycles. The van der Waals surface area contributed by atoms with Gasteiger partial charge in [0.25, 0.3) is 0 Å². The van der Waals surface area contributed by atoms with Crippen LogP contribution >= 0.6 is 0 Å². The van der Waals surface area contributed by atoms with Gasteiger partial charge in [0.2, 0.25) is 0 Å². The molecule has 2 nitrogen and oxygen atoms in total. The van der Waals surface area contributed by atoms with Crippen molar-refractivity contribution in [2.24, 2.45) is 5.41 Å². The standard InChI is InChI=1S/C15H24N2/c1-3-17-14(15(2)8-4-5-9-15)11-13-7-6-10-16-12-13/h6-7,10,12,14,17H,3-5,8-9,11H2,1-2H3. The Balaban J connectivity index is 2.07. The number of hydrogen-bond acceptors (Lipinski definition) is 2. The topological polar surface area (TPSA) is 24.9 Å². The van der Waals surface area contributed by atoms with Crippen LogP contribution in [0.25, 0.3) is 0 Å². The first-order chi connectivity index (χ1) is 8.24. The van der Waals surface area contributed by atoms with Crippen LogP contribution < -0.4 is 5.32 Å². The average molecular weight is 232 g/mol. The Morgan fingerprint density at radius 1 is 1.41 bits per heavy atom. The van der Waals surface area contributed by atoms with Crippen LogP contribution in [0.4, 0.5) is 0 Å². The van der Waals surface area contributed by atoms with Gasteiger partial charge in [-0.3, -0.25) is 4.98 Å². The number of nitrogens with one attached hydrogen (secondary N) is 1. The van der Waals surface area contributed by atoms with Gasteiger partial charge in [-0.25, -0.2) is 0 Å². The summed E-state index contributed by atoms with van der Waals surface area (Å²) in [6, 6.07) is 4.82. The maximum absolute atomic E-state index is 4.22. The smallest absolute Gasteiger partial charge is 0.0300 e. The molecule has 1 saturated carbocycles. The Bertz CT molecular complexity index is 328. The van der Waals surface area contributed by atoms with Gasteiger partial charge >= 0.3 is 0 Å². The lowest BCUT2D eigenvalue weighted by atomic mass is 9.78. The summed E-state index contributed by atoms with van der Waals surface area (Å²) in [4.78, 5) is 4.22. The van der Waals surface area contributed by atoms with E-state index in [1.165, 1.54) is 31.2 Å². The second-order valence-corrected chi connectivity index (χ2v) is 5.54. The number of likely N-dealkylation sites (N-methyl/N-ethyl adjacent to an activating group) is 1. The molecular weight excluding hydrogens is 208 g/mol. The molecule has 1 aliphatic rings. The molecule has 1 N–H and O–H groups in total. The molecule has 2 heteroatoms. The predicted molar refractivity (Wildman–Crippen MR) is 72.0 cm³/mol.